The second-order valence-corrected chi connectivity index (χ2v) is 29.1. The molecule has 0 aromatic rings. The highest BCUT2D eigenvalue weighted by atomic mass is 31.2. The van der Waals surface area contributed by atoms with Crippen LogP contribution in [0.5, 0.6) is 0 Å². The summed E-state index contributed by atoms with van der Waals surface area (Å²) >= 11 is 0. The number of quaternary nitrogens is 1. The molecule has 9 heteroatoms. The lowest BCUT2D eigenvalue weighted by atomic mass is 10.0. The minimum Gasteiger partial charge on any atom is -0.387 e. The Kier molecular flexibility index (Phi) is 70.7. The molecule has 3 atom stereocenters. The molecule has 0 aromatic heterocycles. The van der Waals surface area contributed by atoms with E-state index in [0.29, 0.717) is 17.4 Å². The van der Waals surface area contributed by atoms with Gasteiger partial charge in [0.05, 0.1) is 39.9 Å². The predicted molar refractivity (Wildman–Crippen MR) is 410 cm³/mol. The number of unbranched alkanes of at least 4 members (excludes halogenated alkanes) is 41. The second-order valence-electron chi connectivity index (χ2n) is 27.7. The SMILES string of the molecule is CC/C=C\C/C=C\C/C=C\C/C=C\C/C=C\C/C=C\C/C=C\CCCCCCCCCCCCCCCCCCCCCC(=O)NC(COP(=O)(O)OCC[N+](C)(C)C)C(O)/C=C/CC/C=C/CC/C=C/CCCCCCCCCCCCCCCCCCCCCC. The average Bonchev–Trinajstić information content (AvgIpc) is 2.75. The van der Waals surface area contributed by atoms with Crippen molar-refractivity contribution < 1.29 is 32.9 Å². The van der Waals surface area contributed by atoms with Gasteiger partial charge in [-0.1, -0.05) is 367 Å². The molecule has 3 unspecified atom stereocenters. The molecule has 0 saturated carbocycles. The third kappa shape index (κ3) is 76.1. The molecule has 0 spiro atoms. The summed E-state index contributed by atoms with van der Waals surface area (Å²) in [4.78, 5) is 23.5. The number of likely N-dealkylation sites (N-methyl/N-ethyl adjacent to an activating group) is 1. The van der Waals surface area contributed by atoms with Crippen LogP contribution < -0.4 is 5.32 Å². The van der Waals surface area contributed by atoms with E-state index in [1.54, 1.807) is 6.08 Å². The molecule has 0 aliphatic heterocycles. The number of aliphatic hydroxyl groups is 1. The molecule has 1 amide bonds. The van der Waals surface area contributed by atoms with Gasteiger partial charge in [-0.25, -0.2) is 4.57 Å². The standard InChI is InChI=1S/C84H151N2O6P/c1-6-8-10-12-14-16-18-20-22-24-26-28-30-32-34-36-38-39-40-41-42-43-44-45-46-47-48-50-52-54-56-58-60-62-64-66-68-70-72-74-76-78-84(88)85-82(81-92-93(89,90)91-80-79-86(3,4)5)83(87)77-75-73-71-69-67-65-63-61-59-57-55-53-51-49-37-35-33-31-29-27-25-23-21-19-17-15-13-11-9-7-2/h8,10,14,16,20,22,26,28,32,34,38-39,41-42,59,61,67,69,75,77,82-83,87H,6-7,9,11-13,15,17-19,21,23-25,27,29-31,33,35-37,40,43-58,60,62-66,68,70-74,76,78-81H2,1-5H3,(H-,85,88,89,90)/p+1/b10-8-,16-14-,22-20-,28-26-,34-32-,39-38-,42-41-,61-59+,69-67+,77-75+. The minimum absolute atomic E-state index is 0.0508. The van der Waals surface area contributed by atoms with Crippen molar-refractivity contribution in [2.24, 2.45) is 0 Å². The van der Waals surface area contributed by atoms with Crippen LogP contribution >= 0.6 is 7.82 Å². The Hall–Kier alpha value is -3.10. The molecule has 0 bridgehead atoms. The monoisotopic (exact) mass is 1320 g/mol. The lowest BCUT2D eigenvalue weighted by Gasteiger charge is -2.25. The number of rotatable bonds is 72. The van der Waals surface area contributed by atoms with E-state index in [-0.39, 0.29) is 19.1 Å². The Morgan fingerprint density at radius 3 is 0.989 bits per heavy atom. The van der Waals surface area contributed by atoms with E-state index < -0.39 is 20.0 Å². The van der Waals surface area contributed by atoms with E-state index in [0.717, 1.165) is 89.9 Å². The first-order chi connectivity index (χ1) is 45.5. The van der Waals surface area contributed by atoms with Crippen molar-refractivity contribution in [3.05, 3.63) is 122 Å². The number of allylic oxidation sites excluding steroid dienone is 19. The van der Waals surface area contributed by atoms with Crippen LogP contribution in [0.1, 0.15) is 354 Å². The minimum atomic E-state index is -4.37. The lowest BCUT2D eigenvalue weighted by Crippen LogP contribution is -2.45. The van der Waals surface area contributed by atoms with E-state index in [9.17, 15) is 19.4 Å². The molecule has 0 fully saturated rings. The largest absolute Gasteiger partial charge is 0.472 e. The Bertz CT molecular complexity index is 1940. The van der Waals surface area contributed by atoms with Crippen molar-refractivity contribution in [2.45, 2.75) is 366 Å². The fraction of sp³-hybridized carbons (Fsp3) is 0.750. The third-order valence-electron chi connectivity index (χ3n) is 17.4. The zero-order valence-corrected chi connectivity index (χ0v) is 62.6. The van der Waals surface area contributed by atoms with Gasteiger partial charge in [0.2, 0.25) is 5.91 Å². The maximum Gasteiger partial charge on any atom is 0.472 e. The topological polar surface area (TPSA) is 105 Å². The van der Waals surface area contributed by atoms with E-state index in [2.05, 4.69) is 129 Å². The van der Waals surface area contributed by atoms with Crippen LogP contribution in [0.3, 0.4) is 0 Å². The van der Waals surface area contributed by atoms with Crippen molar-refractivity contribution in [2.75, 3.05) is 40.9 Å². The zero-order chi connectivity index (χ0) is 67.6. The maximum absolute atomic E-state index is 13.1. The fourth-order valence-corrected chi connectivity index (χ4v) is 12.1. The maximum atomic E-state index is 13.1. The molecule has 3 N–H and O–H groups in total. The highest BCUT2D eigenvalue weighted by Gasteiger charge is 2.28. The number of nitrogens with zero attached hydrogens (tertiary/aromatic N) is 1. The summed E-state index contributed by atoms with van der Waals surface area (Å²) in [5.74, 6) is -0.189. The van der Waals surface area contributed by atoms with E-state index in [1.807, 2.05) is 27.2 Å². The summed E-state index contributed by atoms with van der Waals surface area (Å²) in [5.41, 5.74) is 0. The van der Waals surface area contributed by atoms with Gasteiger partial charge in [-0.15, -0.1) is 0 Å². The summed E-state index contributed by atoms with van der Waals surface area (Å²) in [6, 6.07) is -0.877. The van der Waals surface area contributed by atoms with E-state index in [4.69, 9.17) is 9.05 Å². The molecule has 0 aromatic carbocycles. The molecule has 0 heterocycles. The van der Waals surface area contributed by atoms with Crippen LogP contribution in [-0.2, 0) is 18.4 Å². The van der Waals surface area contributed by atoms with Crippen LogP contribution in [0.4, 0.5) is 0 Å². The quantitative estimate of drug-likeness (QED) is 0.0243. The molecule has 0 saturated heterocycles. The first kappa shape index (κ1) is 89.9. The summed E-state index contributed by atoms with van der Waals surface area (Å²) in [7, 11) is 1.55. The number of nitrogens with one attached hydrogen (secondary N) is 1. The van der Waals surface area contributed by atoms with Gasteiger partial charge in [-0.3, -0.25) is 13.8 Å². The number of amides is 1. The summed E-state index contributed by atoms with van der Waals surface area (Å²) < 4.78 is 23.8. The van der Waals surface area contributed by atoms with Gasteiger partial charge in [0.15, 0.2) is 0 Å². The van der Waals surface area contributed by atoms with Crippen molar-refractivity contribution in [3.63, 3.8) is 0 Å². The molecule has 93 heavy (non-hydrogen) atoms. The molecular formula is C84H152N2O6P+. The lowest BCUT2D eigenvalue weighted by molar-refractivity contribution is -0.870. The van der Waals surface area contributed by atoms with Crippen LogP contribution in [0.15, 0.2) is 122 Å². The van der Waals surface area contributed by atoms with E-state index >= 15 is 0 Å². The van der Waals surface area contributed by atoms with Crippen molar-refractivity contribution >= 4 is 13.7 Å². The molecule has 0 aliphatic carbocycles. The molecule has 8 nitrogen and oxygen atoms in total. The molecule has 0 radical (unpaired) electrons. The molecule has 0 aliphatic rings. The molecule has 0 rings (SSSR count). The average molecular weight is 1320 g/mol. The first-order valence-corrected chi connectivity index (χ1v) is 40.9. The number of phosphoric ester groups is 1. The van der Waals surface area contributed by atoms with Gasteiger partial charge in [0.25, 0.3) is 0 Å². The van der Waals surface area contributed by atoms with Gasteiger partial charge < -0.3 is 19.8 Å². The van der Waals surface area contributed by atoms with Gasteiger partial charge in [-0.05, 0) is 103 Å². The van der Waals surface area contributed by atoms with Crippen LogP contribution in [0.2, 0.25) is 0 Å². The number of aliphatic hydroxyl groups excluding tert-OH is 1. The number of carbonyl (C=O) groups excluding carboxylic acids is 1. The predicted octanol–water partition coefficient (Wildman–Crippen LogP) is 25.9. The van der Waals surface area contributed by atoms with Crippen molar-refractivity contribution in [1.29, 1.82) is 0 Å². The van der Waals surface area contributed by atoms with Gasteiger partial charge in [0, 0.05) is 6.42 Å². The van der Waals surface area contributed by atoms with E-state index in [1.165, 1.54) is 244 Å². The van der Waals surface area contributed by atoms with Crippen LogP contribution in [0.25, 0.3) is 0 Å². The Morgan fingerprint density at radius 1 is 0.376 bits per heavy atom. The number of phosphoric acid groups is 1. The summed E-state index contributed by atoms with van der Waals surface area (Å²) in [5, 5.41) is 14.0. The first-order valence-electron chi connectivity index (χ1n) is 39.4. The molecular weight excluding hydrogens is 1160 g/mol. The smallest absolute Gasteiger partial charge is 0.387 e. The molecule has 538 valence electrons. The van der Waals surface area contributed by atoms with Gasteiger partial charge >= 0.3 is 7.82 Å². The second kappa shape index (κ2) is 73.2. The third-order valence-corrected chi connectivity index (χ3v) is 18.4. The highest BCUT2D eigenvalue weighted by Crippen LogP contribution is 2.43. The van der Waals surface area contributed by atoms with Gasteiger partial charge in [-0.2, -0.15) is 0 Å². The Morgan fingerprint density at radius 2 is 0.656 bits per heavy atom. The fourth-order valence-electron chi connectivity index (χ4n) is 11.4. The number of hydrogen-bond acceptors (Lipinski definition) is 5. The Labute approximate surface area is 577 Å². The number of hydrogen-bond donors (Lipinski definition) is 3. The highest BCUT2D eigenvalue weighted by molar-refractivity contribution is 7.47. The normalized spacial score (nSPS) is 14.2. The van der Waals surface area contributed by atoms with Gasteiger partial charge in [0.1, 0.15) is 13.2 Å². The number of carbonyl (C=O) groups is 1. The van der Waals surface area contributed by atoms with Crippen molar-refractivity contribution in [1.82, 2.24) is 5.32 Å². The van der Waals surface area contributed by atoms with Crippen LogP contribution in [0, 0.1) is 0 Å². The summed E-state index contributed by atoms with van der Waals surface area (Å²) in [6.07, 6.45) is 110. The Balaban J connectivity index is 4.04. The zero-order valence-electron chi connectivity index (χ0n) is 61.7. The van der Waals surface area contributed by atoms with Crippen molar-refractivity contribution in [3.8, 4) is 0 Å². The summed E-state index contributed by atoms with van der Waals surface area (Å²) in [6.45, 7) is 4.71. The van der Waals surface area contributed by atoms with Crippen LogP contribution in [-0.4, -0.2) is 73.4 Å².